The summed E-state index contributed by atoms with van der Waals surface area (Å²) in [6, 6.07) is 5.32. The summed E-state index contributed by atoms with van der Waals surface area (Å²) < 4.78 is 0. The Morgan fingerprint density at radius 3 is 3.00 bits per heavy atom. The van der Waals surface area contributed by atoms with Crippen LogP contribution in [0.15, 0.2) is 24.5 Å². The van der Waals surface area contributed by atoms with Crippen LogP contribution in [0.1, 0.15) is 5.56 Å². The smallest absolute Gasteiger partial charge is 0.107 e. The second-order valence-electron chi connectivity index (χ2n) is 2.50. The number of aromatic nitrogens is 2. The van der Waals surface area contributed by atoms with Gasteiger partial charge in [0.2, 0.25) is 0 Å². The lowest BCUT2D eigenvalue weighted by Gasteiger charge is -1.97. The maximum absolute atomic E-state index is 8.62. The van der Waals surface area contributed by atoms with E-state index in [0.29, 0.717) is 21.6 Å². The van der Waals surface area contributed by atoms with Crippen molar-refractivity contribution in [3.05, 3.63) is 35.1 Å². The fourth-order valence-corrected chi connectivity index (χ4v) is 1.26. The maximum atomic E-state index is 8.62. The van der Waals surface area contributed by atoms with Gasteiger partial charge in [0, 0.05) is 12.4 Å². The van der Waals surface area contributed by atoms with Crippen molar-refractivity contribution >= 4 is 22.6 Å². The molecule has 0 unspecified atom stereocenters. The fraction of sp³-hybridized carbons (Fsp3) is 0. The average Bonchev–Trinajstić information content (AvgIpc) is 2.18. The predicted octanol–water partition coefficient (Wildman–Crippen LogP) is 2.15. The van der Waals surface area contributed by atoms with Gasteiger partial charge in [-0.2, -0.15) is 5.26 Å². The molecule has 2 aromatic rings. The molecule has 0 aromatic carbocycles. The van der Waals surface area contributed by atoms with Crippen LogP contribution < -0.4 is 0 Å². The largest absolute Gasteiger partial charge is 0.254 e. The molecule has 62 valence electrons. The van der Waals surface area contributed by atoms with Crippen molar-refractivity contribution < 1.29 is 0 Å². The van der Waals surface area contributed by atoms with Gasteiger partial charge >= 0.3 is 0 Å². The normalized spacial score (nSPS) is 9.85. The minimum absolute atomic E-state index is 0.488. The van der Waals surface area contributed by atoms with E-state index in [1.54, 1.807) is 18.3 Å². The Balaban J connectivity index is 2.82. The van der Waals surface area contributed by atoms with Crippen molar-refractivity contribution in [3.8, 4) is 6.07 Å². The van der Waals surface area contributed by atoms with Crippen molar-refractivity contribution in [2.75, 3.05) is 0 Å². The molecule has 2 aromatic heterocycles. The Kier molecular flexibility index (Phi) is 1.84. The second kappa shape index (κ2) is 3.00. The standard InChI is InChI=1S/C9H4ClN3/c10-7-1-2-12-8-3-6(4-11)5-13-9(7)8/h1-3,5H. The summed E-state index contributed by atoms with van der Waals surface area (Å²) in [7, 11) is 0. The molecule has 0 spiro atoms. The molecule has 2 rings (SSSR count). The molecule has 0 aliphatic carbocycles. The first-order valence-electron chi connectivity index (χ1n) is 3.61. The van der Waals surface area contributed by atoms with E-state index in [0.717, 1.165) is 0 Å². The molecule has 0 fully saturated rings. The van der Waals surface area contributed by atoms with Crippen LogP contribution in [-0.2, 0) is 0 Å². The Morgan fingerprint density at radius 2 is 2.23 bits per heavy atom. The van der Waals surface area contributed by atoms with E-state index in [1.165, 1.54) is 6.20 Å². The third kappa shape index (κ3) is 1.32. The maximum Gasteiger partial charge on any atom is 0.107 e. The Morgan fingerprint density at radius 1 is 1.38 bits per heavy atom. The first-order valence-corrected chi connectivity index (χ1v) is 3.99. The number of hydrogen-bond donors (Lipinski definition) is 0. The summed E-state index contributed by atoms with van der Waals surface area (Å²) in [4.78, 5) is 8.09. The first kappa shape index (κ1) is 7.96. The highest BCUT2D eigenvalue weighted by atomic mass is 35.5. The number of pyridine rings is 2. The number of hydrogen-bond acceptors (Lipinski definition) is 3. The molecule has 0 bridgehead atoms. The number of halogens is 1. The Bertz CT molecular complexity index is 502. The first-order chi connectivity index (χ1) is 6.31. The zero-order valence-corrected chi connectivity index (χ0v) is 7.28. The number of rotatable bonds is 0. The molecule has 0 saturated heterocycles. The van der Waals surface area contributed by atoms with Gasteiger partial charge in [0.15, 0.2) is 0 Å². The molecule has 0 aliphatic heterocycles. The molecule has 4 heteroatoms. The minimum Gasteiger partial charge on any atom is -0.254 e. The summed E-state index contributed by atoms with van der Waals surface area (Å²) in [6.45, 7) is 0. The van der Waals surface area contributed by atoms with Crippen LogP contribution >= 0.6 is 11.6 Å². The molecular weight excluding hydrogens is 186 g/mol. The van der Waals surface area contributed by atoms with Crippen molar-refractivity contribution in [2.45, 2.75) is 0 Å². The molecular formula is C9H4ClN3. The predicted molar refractivity (Wildman–Crippen MR) is 49.3 cm³/mol. The average molecular weight is 190 g/mol. The van der Waals surface area contributed by atoms with Crippen LogP contribution in [0.25, 0.3) is 11.0 Å². The van der Waals surface area contributed by atoms with Crippen LogP contribution in [0, 0.1) is 11.3 Å². The molecule has 2 heterocycles. The molecule has 0 saturated carbocycles. The highest BCUT2D eigenvalue weighted by Gasteiger charge is 2.01. The van der Waals surface area contributed by atoms with E-state index in [4.69, 9.17) is 16.9 Å². The third-order valence-corrected chi connectivity index (χ3v) is 1.96. The minimum atomic E-state index is 0.488. The molecule has 13 heavy (non-hydrogen) atoms. The van der Waals surface area contributed by atoms with Gasteiger partial charge in [-0.3, -0.25) is 9.97 Å². The SMILES string of the molecule is N#Cc1cnc2c(Cl)ccnc2c1. The molecule has 0 N–H and O–H groups in total. The lowest BCUT2D eigenvalue weighted by molar-refractivity contribution is 1.32. The van der Waals surface area contributed by atoms with Gasteiger partial charge in [-0.25, -0.2) is 0 Å². The van der Waals surface area contributed by atoms with Gasteiger partial charge in [0.05, 0.1) is 16.1 Å². The summed E-state index contributed by atoms with van der Waals surface area (Å²) in [5.41, 5.74) is 1.76. The van der Waals surface area contributed by atoms with Gasteiger partial charge in [-0.1, -0.05) is 11.6 Å². The van der Waals surface area contributed by atoms with Crippen LogP contribution in [0.4, 0.5) is 0 Å². The van der Waals surface area contributed by atoms with E-state index in [1.807, 2.05) is 6.07 Å². The van der Waals surface area contributed by atoms with Gasteiger partial charge in [0.25, 0.3) is 0 Å². The molecule has 0 radical (unpaired) electrons. The lowest BCUT2D eigenvalue weighted by Crippen LogP contribution is -1.85. The van der Waals surface area contributed by atoms with E-state index < -0.39 is 0 Å². The molecule has 0 amide bonds. The van der Waals surface area contributed by atoms with Gasteiger partial charge in [-0.15, -0.1) is 0 Å². The highest BCUT2D eigenvalue weighted by molar-refractivity contribution is 6.34. The monoisotopic (exact) mass is 189 g/mol. The van der Waals surface area contributed by atoms with Crippen LogP contribution in [-0.4, -0.2) is 9.97 Å². The third-order valence-electron chi connectivity index (χ3n) is 1.66. The topological polar surface area (TPSA) is 49.6 Å². The van der Waals surface area contributed by atoms with Crippen molar-refractivity contribution in [1.29, 1.82) is 5.26 Å². The number of fused-ring (bicyclic) bond motifs is 1. The molecule has 0 atom stereocenters. The van der Waals surface area contributed by atoms with E-state index in [-0.39, 0.29) is 0 Å². The lowest BCUT2D eigenvalue weighted by atomic mass is 10.2. The van der Waals surface area contributed by atoms with Crippen molar-refractivity contribution in [3.63, 3.8) is 0 Å². The summed E-state index contributed by atoms with van der Waals surface area (Å²) in [5.74, 6) is 0. The van der Waals surface area contributed by atoms with E-state index in [9.17, 15) is 0 Å². The van der Waals surface area contributed by atoms with Gasteiger partial charge in [-0.05, 0) is 12.1 Å². The van der Waals surface area contributed by atoms with Crippen molar-refractivity contribution in [2.24, 2.45) is 0 Å². The van der Waals surface area contributed by atoms with Crippen LogP contribution in [0.5, 0.6) is 0 Å². The van der Waals surface area contributed by atoms with Crippen molar-refractivity contribution in [1.82, 2.24) is 9.97 Å². The van der Waals surface area contributed by atoms with Gasteiger partial charge < -0.3 is 0 Å². The van der Waals surface area contributed by atoms with Gasteiger partial charge in [0.1, 0.15) is 11.6 Å². The summed E-state index contributed by atoms with van der Waals surface area (Å²) >= 11 is 5.87. The molecule has 0 aliphatic rings. The quantitative estimate of drug-likeness (QED) is 0.638. The second-order valence-corrected chi connectivity index (χ2v) is 2.90. The fourth-order valence-electron chi connectivity index (χ4n) is 1.06. The van der Waals surface area contributed by atoms with E-state index in [2.05, 4.69) is 9.97 Å². The summed E-state index contributed by atoms with van der Waals surface area (Å²) in [6.07, 6.45) is 3.07. The zero-order chi connectivity index (χ0) is 9.26. The van der Waals surface area contributed by atoms with Crippen LogP contribution in [0.2, 0.25) is 5.02 Å². The number of nitrogens with zero attached hydrogens (tertiary/aromatic N) is 3. The summed E-state index contributed by atoms with van der Waals surface area (Å²) in [5, 5.41) is 9.17. The Labute approximate surface area is 79.6 Å². The highest BCUT2D eigenvalue weighted by Crippen LogP contribution is 2.18. The number of nitriles is 1. The zero-order valence-electron chi connectivity index (χ0n) is 6.53. The molecule has 3 nitrogen and oxygen atoms in total. The van der Waals surface area contributed by atoms with E-state index >= 15 is 0 Å². The van der Waals surface area contributed by atoms with Crippen LogP contribution in [0.3, 0.4) is 0 Å². The Hall–Kier alpha value is -1.66.